The van der Waals surface area contributed by atoms with Crippen molar-refractivity contribution in [1.82, 2.24) is 10.2 Å². The van der Waals surface area contributed by atoms with Gasteiger partial charge in [-0.05, 0) is 33.7 Å². The average Bonchev–Trinajstić information content (AvgIpc) is 2.17. The first kappa shape index (κ1) is 12.5. The van der Waals surface area contributed by atoms with Gasteiger partial charge >= 0.3 is 0 Å². The number of primary amides is 1. The van der Waals surface area contributed by atoms with Gasteiger partial charge in [-0.3, -0.25) is 9.69 Å². The second-order valence-electron chi connectivity index (χ2n) is 4.57. The molecule has 0 spiro atoms. The lowest BCUT2D eigenvalue weighted by Crippen LogP contribution is -2.53. The highest BCUT2D eigenvalue weighted by Gasteiger charge is 2.28. The zero-order valence-corrected chi connectivity index (χ0v) is 9.99. The fourth-order valence-corrected chi connectivity index (χ4v) is 2.37. The van der Waals surface area contributed by atoms with Gasteiger partial charge in [0.15, 0.2) is 0 Å². The highest BCUT2D eigenvalue weighted by atomic mass is 16.1. The molecule has 0 radical (unpaired) electrons. The molecule has 1 rings (SSSR count). The van der Waals surface area contributed by atoms with Crippen LogP contribution in [0.25, 0.3) is 0 Å². The molecule has 0 aliphatic carbocycles. The van der Waals surface area contributed by atoms with Crippen LogP contribution in [0.1, 0.15) is 33.1 Å². The maximum Gasteiger partial charge on any atom is 0.235 e. The van der Waals surface area contributed by atoms with Gasteiger partial charge in [-0.1, -0.05) is 6.42 Å². The second kappa shape index (κ2) is 5.47. The van der Waals surface area contributed by atoms with Crippen LogP contribution in [0.15, 0.2) is 0 Å². The van der Waals surface area contributed by atoms with Gasteiger partial charge in [-0.25, -0.2) is 0 Å². The molecule has 3 atom stereocenters. The van der Waals surface area contributed by atoms with Crippen molar-refractivity contribution in [2.75, 3.05) is 13.6 Å². The van der Waals surface area contributed by atoms with Crippen LogP contribution in [-0.4, -0.2) is 42.5 Å². The average molecular weight is 213 g/mol. The monoisotopic (exact) mass is 213 g/mol. The molecule has 1 fully saturated rings. The van der Waals surface area contributed by atoms with Crippen LogP contribution in [0, 0.1) is 0 Å². The summed E-state index contributed by atoms with van der Waals surface area (Å²) >= 11 is 0. The van der Waals surface area contributed by atoms with Gasteiger partial charge in [0.2, 0.25) is 5.91 Å². The molecular weight excluding hydrogens is 190 g/mol. The van der Waals surface area contributed by atoms with Gasteiger partial charge in [-0.2, -0.15) is 0 Å². The lowest BCUT2D eigenvalue weighted by Gasteiger charge is -2.40. The minimum absolute atomic E-state index is 0.229. The molecule has 3 N–H and O–H groups in total. The van der Waals surface area contributed by atoms with E-state index < -0.39 is 0 Å². The molecule has 1 aliphatic heterocycles. The van der Waals surface area contributed by atoms with Crippen molar-refractivity contribution in [3.63, 3.8) is 0 Å². The van der Waals surface area contributed by atoms with E-state index in [1.165, 1.54) is 19.3 Å². The number of hydrogen-bond donors (Lipinski definition) is 2. The van der Waals surface area contributed by atoms with E-state index in [4.69, 9.17) is 5.73 Å². The van der Waals surface area contributed by atoms with Gasteiger partial charge in [0.05, 0.1) is 6.04 Å². The van der Waals surface area contributed by atoms with E-state index in [0.29, 0.717) is 12.1 Å². The van der Waals surface area contributed by atoms with Crippen LogP contribution in [0.5, 0.6) is 0 Å². The fourth-order valence-electron chi connectivity index (χ4n) is 2.37. The van der Waals surface area contributed by atoms with E-state index in [0.717, 1.165) is 6.54 Å². The number of rotatable bonds is 4. The number of piperidine rings is 1. The Morgan fingerprint density at radius 1 is 1.47 bits per heavy atom. The number of carbonyl (C=O) groups is 1. The van der Waals surface area contributed by atoms with E-state index in [-0.39, 0.29) is 11.9 Å². The lowest BCUT2D eigenvalue weighted by molar-refractivity contribution is -0.120. The predicted octanol–water partition coefficient (Wildman–Crippen LogP) is 0.323. The Hall–Kier alpha value is -0.610. The molecule has 0 aromatic rings. The zero-order valence-electron chi connectivity index (χ0n) is 9.99. The van der Waals surface area contributed by atoms with E-state index in [1.54, 1.807) is 7.05 Å². The molecule has 1 amide bonds. The van der Waals surface area contributed by atoms with Crippen molar-refractivity contribution in [1.29, 1.82) is 0 Å². The number of likely N-dealkylation sites (N-methyl/N-ethyl adjacent to an activating group) is 1. The number of nitrogens with two attached hydrogens (primary N) is 1. The molecule has 4 nitrogen and oxygen atoms in total. The quantitative estimate of drug-likeness (QED) is 0.707. The largest absolute Gasteiger partial charge is 0.368 e. The topological polar surface area (TPSA) is 58.4 Å². The lowest BCUT2D eigenvalue weighted by atomic mass is 9.97. The minimum Gasteiger partial charge on any atom is -0.368 e. The Bertz CT molecular complexity index is 210. The normalized spacial score (nSPS) is 30.1. The van der Waals surface area contributed by atoms with Crippen molar-refractivity contribution in [3.8, 4) is 0 Å². The summed E-state index contributed by atoms with van der Waals surface area (Å²) in [5, 5.41) is 2.97. The summed E-state index contributed by atoms with van der Waals surface area (Å²) in [4.78, 5) is 13.5. The Labute approximate surface area is 92.2 Å². The van der Waals surface area contributed by atoms with Gasteiger partial charge in [0.25, 0.3) is 0 Å². The molecule has 1 heterocycles. The molecule has 15 heavy (non-hydrogen) atoms. The first-order valence-corrected chi connectivity index (χ1v) is 5.78. The van der Waals surface area contributed by atoms with Gasteiger partial charge in [0, 0.05) is 18.6 Å². The summed E-state index contributed by atoms with van der Waals surface area (Å²) in [6, 6.07) is 0.890. The number of nitrogens with zero attached hydrogens (tertiary/aromatic N) is 1. The minimum atomic E-state index is -0.262. The van der Waals surface area contributed by atoms with Crippen molar-refractivity contribution in [2.24, 2.45) is 5.73 Å². The Balaban J connectivity index is 2.56. The smallest absolute Gasteiger partial charge is 0.235 e. The summed E-state index contributed by atoms with van der Waals surface area (Å²) < 4.78 is 0. The number of amides is 1. The highest BCUT2D eigenvalue weighted by molar-refractivity contribution is 5.80. The molecule has 88 valence electrons. The van der Waals surface area contributed by atoms with Gasteiger partial charge in [0.1, 0.15) is 0 Å². The third-order valence-corrected chi connectivity index (χ3v) is 3.46. The molecule has 0 saturated carbocycles. The molecule has 1 unspecified atom stereocenters. The molecule has 0 bridgehead atoms. The first-order chi connectivity index (χ1) is 7.06. The van der Waals surface area contributed by atoms with Gasteiger partial charge in [-0.15, -0.1) is 0 Å². The Kier molecular flexibility index (Phi) is 4.54. The zero-order chi connectivity index (χ0) is 11.4. The second-order valence-corrected chi connectivity index (χ2v) is 4.57. The number of nitrogens with one attached hydrogen (secondary N) is 1. The number of carbonyl (C=O) groups excluding carboxylic acids is 1. The number of hydrogen-bond acceptors (Lipinski definition) is 3. The summed E-state index contributed by atoms with van der Waals surface area (Å²) in [5.41, 5.74) is 5.33. The van der Waals surface area contributed by atoms with Crippen molar-refractivity contribution >= 4 is 5.91 Å². The molecule has 1 saturated heterocycles. The molecule has 0 aromatic carbocycles. The molecule has 4 heteroatoms. The highest BCUT2D eigenvalue weighted by Crippen LogP contribution is 2.22. The molecule has 0 aromatic heterocycles. The van der Waals surface area contributed by atoms with Crippen molar-refractivity contribution < 1.29 is 4.79 Å². The van der Waals surface area contributed by atoms with E-state index in [2.05, 4.69) is 24.1 Å². The third kappa shape index (κ3) is 3.18. The Morgan fingerprint density at radius 3 is 2.40 bits per heavy atom. The van der Waals surface area contributed by atoms with E-state index in [9.17, 15) is 4.79 Å². The third-order valence-electron chi connectivity index (χ3n) is 3.46. The first-order valence-electron chi connectivity index (χ1n) is 5.78. The van der Waals surface area contributed by atoms with Crippen LogP contribution in [-0.2, 0) is 4.79 Å². The van der Waals surface area contributed by atoms with Crippen molar-refractivity contribution in [3.05, 3.63) is 0 Å². The van der Waals surface area contributed by atoms with E-state index in [1.807, 2.05) is 0 Å². The Morgan fingerprint density at radius 2 is 2.00 bits per heavy atom. The maximum absolute atomic E-state index is 11.2. The van der Waals surface area contributed by atoms with Crippen LogP contribution in [0.4, 0.5) is 0 Å². The SMILES string of the molecule is CNC(CN1[C@H](C)CCC[C@@H]1C)C(N)=O. The molecule has 1 aliphatic rings. The summed E-state index contributed by atoms with van der Waals surface area (Å²) in [6.07, 6.45) is 3.73. The van der Waals surface area contributed by atoms with Gasteiger partial charge < -0.3 is 11.1 Å². The van der Waals surface area contributed by atoms with Crippen LogP contribution in [0.2, 0.25) is 0 Å². The van der Waals surface area contributed by atoms with Crippen molar-refractivity contribution in [2.45, 2.75) is 51.2 Å². The van der Waals surface area contributed by atoms with Crippen LogP contribution >= 0.6 is 0 Å². The van der Waals surface area contributed by atoms with Crippen LogP contribution in [0.3, 0.4) is 0 Å². The summed E-state index contributed by atoms with van der Waals surface area (Å²) in [5.74, 6) is -0.262. The fraction of sp³-hybridized carbons (Fsp3) is 0.909. The van der Waals surface area contributed by atoms with E-state index >= 15 is 0 Å². The predicted molar refractivity (Wildman–Crippen MR) is 61.5 cm³/mol. The number of likely N-dealkylation sites (tertiary alicyclic amines) is 1. The van der Waals surface area contributed by atoms with Crippen LogP contribution < -0.4 is 11.1 Å². The molecular formula is C11H23N3O. The summed E-state index contributed by atoms with van der Waals surface area (Å²) in [7, 11) is 1.79. The standard InChI is InChI=1S/C11H23N3O/c1-8-5-4-6-9(2)14(8)7-10(13-3)11(12)15/h8-10,13H,4-7H2,1-3H3,(H2,12,15)/t8-,9+,10?. The maximum atomic E-state index is 11.2. The summed E-state index contributed by atoms with van der Waals surface area (Å²) in [6.45, 7) is 5.18.